The molecule has 0 aliphatic rings. The Balaban J connectivity index is 3.28. The Bertz CT molecular complexity index is 247. The van der Waals surface area contributed by atoms with E-state index >= 15 is 0 Å². The van der Waals surface area contributed by atoms with Gasteiger partial charge in [0.15, 0.2) is 0 Å². The number of rotatable bonds is 6. The summed E-state index contributed by atoms with van der Waals surface area (Å²) in [7, 11) is -0.0529. The van der Waals surface area contributed by atoms with Crippen LogP contribution >= 0.6 is 7.92 Å². The van der Waals surface area contributed by atoms with Crippen LogP contribution in [0.25, 0.3) is 0 Å². The van der Waals surface area contributed by atoms with Crippen LogP contribution in [0, 0.1) is 5.63 Å². The Morgan fingerprint density at radius 1 is 1.46 bits per heavy atom. The third kappa shape index (κ3) is 7.79. The van der Waals surface area contributed by atoms with Crippen LogP contribution in [-0.4, -0.2) is 17.1 Å². The fourth-order valence-electron chi connectivity index (χ4n) is 0.914. The van der Waals surface area contributed by atoms with E-state index < -0.39 is 12.0 Å². The molecule has 13 heavy (non-hydrogen) atoms. The Kier molecular flexibility index (Phi) is 7.71. The first-order valence-corrected chi connectivity index (χ1v) is 5.03. The number of nitrogens with two attached hydrogens (primary N) is 1. The van der Waals surface area contributed by atoms with Crippen molar-refractivity contribution >= 4 is 13.9 Å². The van der Waals surface area contributed by atoms with Crippen LogP contribution in [0.4, 0.5) is 0 Å². The minimum atomic E-state index is -0.948. The van der Waals surface area contributed by atoms with E-state index in [0.717, 1.165) is 19.3 Å². The van der Waals surface area contributed by atoms with Crippen molar-refractivity contribution in [1.82, 2.24) is 0 Å². The van der Waals surface area contributed by atoms with Gasteiger partial charge in [0.25, 0.3) is 0 Å². The van der Waals surface area contributed by atoms with E-state index in [2.05, 4.69) is 5.63 Å². The molecule has 74 valence electrons. The fourth-order valence-corrected chi connectivity index (χ4v) is 1.16. The van der Waals surface area contributed by atoms with E-state index in [9.17, 15) is 9.36 Å². The van der Waals surface area contributed by atoms with Crippen LogP contribution in [-0.2, 0) is 9.36 Å². The van der Waals surface area contributed by atoms with Gasteiger partial charge >= 0.3 is 77.9 Å². The third-order valence-electron chi connectivity index (χ3n) is 1.69. The second-order valence-corrected chi connectivity index (χ2v) is 3.29. The van der Waals surface area contributed by atoms with Crippen molar-refractivity contribution in [3.05, 3.63) is 0 Å². The second kappa shape index (κ2) is 8.06. The third-order valence-corrected chi connectivity index (χ3v) is 2.04. The molecule has 0 saturated carbocycles. The van der Waals surface area contributed by atoms with Crippen LogP contribution in [0.2, 0.25) is 0 Å². The fraction of sp³-hybridized carbons (Fsp3) is 0.750. The Hall–Kier alpha value is -0.560. The van der Waals surface area contributed by atoms with Gasteiger partial charge < -0.3 is 0 Å². The van der Waals surface area contributed by atoms with E-state index in [4.69, 9.17) is 10.8 Å². The number of unbranched alkanes of at least 4 members (excludes halogenated alkanes) is 3. The molecule has 0 spiro atoms. The van der Waals surface area contributed by atoms with Gasteiger partial charge in [-0.1, -0.05) is 0 Å². The van der Waals surface area contributed by atoms with Gasteiger partial charge in [-0.15, -0.1) is 0 Å². The molecule has 0 heterocycles. The molecule has 0 aliphatic heterocycles. The van der Waals surface area contributed by atoms with Crippen molar-refractivity contribution in [2.45, 2.75) is 38.1 Å². The molecule has 0 aromatic carbocycles. The Morgan fingerprint density at radius 3 is 2.69 bits per heavy atom. The van der Waals surface area contributed by atoms with Crippen molar-refractivity contribution in [1.29, 1.82) is 0 Å². The quantitative estimate of drug-likeness (QED) is 0.507. The van der Waals surface area contributed by atoms with Gasteiger partial charge in [0, 0.05) is 0 Å². The predicted octanol–water partition coefficient (Wildman–Crippen LogP) is 1.60. The average Bonchev–Trinajstić information content (AvgIpc) is 2.10. The van der Waals surface area contributed by atoms with Crippen molar-refractivity contribution in [3.8, 4) is 5.63 Å². The van der Waals surface area contributed by atoms with Gasteiger partial charge in [0.2, 0.25) is 0 Å². The van der Waals surface area contributed by atoms with E-state index in [1.165, 1.54) is 0 Å². The Morgan fingerprint density at radius 2 is 2.15 bits per heavy atom. The van der Waals surface area contributed by atoms with Crippen LogP contribution in [0.15, 0.2) is 0 Å². The summed E-state index contributed by atoms with van der Waals surface area (Å²) in [4.78, 5) is 10.3. The van der Waals surface area contributed by atoms with Gasteiger partial charge in [-0.05, 0) is 0 Å². The molecule has 0 fully saturated rings. The molecular formula is C8H14NO3P. The topological polar surface area (TPSA) is 80.4 Å². The molecular weight excluding hydrogens is 189 g/mol. The van der Waals surface area contributed by atoms with Gasteiger partial charge in [-0.2, -0.15) is 0 Å². The van der Waals surface area contributed by atoms with Crippen molar-refractivity contribution in [3.63, 3.8) is 0 Å². The van der Waals surface area contributed by atoms with Crippen molar-refractivity contribution < 1.29 is 14.5 Å². The summed E-state index contributed by atoms with van der Waals surface area (Å²) in [6.07, 6.45) is 3.79. The molecule has 0 amide bonds. The minimum absolute atomic E-state index is 0.0529. The van der Waals surface area contributed by atoms with Gasteiger partial charge in [-0.3, -0.25) is 0 Å². The predicted molar refractivity (Wildman–Crippen MR) is 50.2 cm³/mol. The summed E-state index contributed by atoms with van der Waals surface area (Å²) >= 11 is 0. The molecule has 0 rings (SSSR count). The SMILES string of the molecule is N[C@@H](CCCCCC#P=O)C(=O)O. The Labute approximate surface area is 78.6 Å². The van der Waals surface area contributed by atoms with E-state index in [-0.39, 0.29) is 7.92 Å². The molecule has 0 radical (unpaired) electrons. The number of carbonyl (C=O) groups is 1. The molecule has 1 atom stereocenters. The van der Waals surface area contributed by atoms with Crippen LogP contribution in [0.5, 0.6) is 0 Å². The van der Waals surface area contributed by atoms with Gasteiger partial charge in [0.05, 0.1) is 0 Å². The maximum absolute atomic E-state index is 10.3. The number of aliphatic carboxylic acids is 1. The molecule has 0 aromatic rings. The molecule has 0 saturated heterocycles. The summed E-state index contributed by atoms with van der Waals surface area (Å²) in [6.45, 7) is 0. The summed E-state index contributed by atoms with van der Waals surface area (Å²) in [5.74, 6) is -0.948. The normalized spacial score (nSPS) is 11.8. The molecule has 4 nitrogen and oxygen atoms in total. The standard InChI is InChI=1S/C8H14NO3P/c9-7(8(10)11)5-3-1-2-4-6-13-12/h7H,1-5,9H2,(H,10,11)/t7-/m0/s1. The zero-order chi connectivity index (χ0) is 10.1. The number of carboxylic acid groups (broad SMARTS) is 1. The number of hydrogen-bond acceptors (Lipinski definition) is 3. The first-order valence-electron chi connectivity index (χ1n) is 4.22. The van der Waals surface area contributed by atoms with E-state index in [0.29, 0.717) is 12.8 Å². The van der Waals surface area contributed by atoms with Crippen LogP contribution in [0.3, 0.4) is 0 Å². The molecule has 0 aliphatic carbocycles. The zero-order valence-electron chi connectivity index (χ0n) is 7.40. The summed E-state index contributed by atoms with van der Waals surface area (Å²) in [6, 6.07) is -0.745. The summed E-state index contributed by atoms with van der Waals surface area (Å²) in [5.41, 5.74) is 7.92. The monoisotopic (exact) mass is 203 g/mol. The molecule has 0 bridgehead atoms. The van der Waals surface area contributed by atoms with Crippen LogP contribution in [0.1, 0.15) is 32.1 Å². The molecule has 5 heteroatoms. The zero-order valence-corrected chi connectivity index (χ0v) is 8.30. The number of hydrogen-bond donors (Lipinski definition) is 2. The summed E-state index contributed by atoms with van der Waals surface area (Å²) in [5, 5.41) is 8.44. The van der Waals surface area contributed by atoms with Crippen LogP contribution < -0.4 is 5.73 Å². The van der Waals surface area contributed by atoms with E-state index in [1.807, 2.05) is 0 Å². The first-order chi connectivity index (χ1) is 6.18. The van der Waals surface area contributed by atoms with Gasteiger partial charge in [-0.25, -0.2) is 0 Å². The van der Waals surface area contributed by atoms with E-state index in [1.54, 1.807) is 0 Å². The second-order valence-electron chi connectivity index (χ2n) is 2.79. The number of carboxylic acids is 1. The summed E-state index contributed by atoms with van der Waals surface area (Å²) < 4.78 is 9.92. The van der Waals surface area contributed by atoms with Gasteiger partial charge in [0.1, 0.15) is 0 Å². The van der Waals surface area contributed by atoms with Crippen molar-refractivity contribution in [2.75, 3.05) is 0 Å². The molecule has 0 aromatic heterocycles. The maximum atomic E-state index is 10.3. The molecule has 3 N–H and O–H groups in total. The van der Waals surface area contributed by atoms with Crippen molar-refractivity contribution in [2.24, 2.45) is 5.73 Å². The average molecular weight is 203 g/mol. The first kappa shape index (κ1) is 12.4. The molecule has 0 unspecified atom stereocenters.